The first-order valence-electron chi connectivity index (χ1n) is 6.73. The number of amides is 1. The summed E-state index contributed by atoms with van der Waals surface area (Å²) < 4.78 is 6.15. The number of nitrogens with zero attached hydrogens (tertiary/aromatic N) is 1. The fraction of sp³-hybridized carbons (Fsp3) is 0.0588. The lowest BCUT2D eigenvalue weighted by molar-refractivity contribution is -0.111. The second-order valence-electron chi connectivity index (χ2n) is 4.59. The zero-order valence-corrected chi connectivity index (χ0v) is 12.8. The molecule has 0 aliphatic carbocycles. The topological polar surface area (TPSA) is 51.2 Å². The van der Waals surface area contributed by atoms with Gasteiger partial charge in [0.15, 0.2) is 5.13 Å². The van der Waals surface area contributed by atoms with Crippen LogP contribution in [-0.2, 0) is 4.79 Å². The minimum absolute atomic E-state index is 0.199. The summed E-state index contributed by atoms with van der Waals surface area (Å²) in [5, 5.41) is 3.35. The molecule has 0 radical (unpaired) electrons. The average Bonchev–Trinajstić information content (AvgIpc) is 2.95. The van der Waals surface area contributed by atoms with Crippen LogP contribution in [0.5, 0.6) is 5.75 Å². The van der Waals surface area contributed by atoms with Gasteiger partial charge in [-0.15, -0.1) is 0 Å². The van der Waals surface area contributed by atoms with E-state index in [9.17, 15) is 4.79 Å². The van der Waals surface area contributed by atoms with E-state index in [-0.39, 0.29) is 5.91 Å². The fourth-order valence-electron chi connectivity index (χ4n) is 1.97. The molecule has 0 bridgehead atoms. The van der Waals surface area contributed by atoms with Crippen molar-refractivity contribution in [2.24, 2.45) is 0 Å². The molecule has 1 N–H and O–H groups in total. The van der Waals surface area contributed by atoms with Crippen LogP contribution in [0, 0.1) is 0 Å². The molecule has 1 aromatic heterocycles. The first-order valence-corrected chi connectivity index (χ1v) is 7.55. The number of hydrogen-bond acceptors (Lipinski definition) is 4. The molecule has 0 unspecified atom stereocenters. The molecule has 3 aromatic rings. The third-order valence-corrected chi connectivity index (χ3v) is 3.99. The highest BCUT2D eigenvalue weighted by Gasteiger charge is 2.06. The van der Waals surface area contributed by atoms with Gasteiger partial charge in [0.1, 0.15) is 5.75 Å². The first kappa shape index (κ1) is 14.3. The van der Waals surface area contributed by atoms with Crippen molar-refractivity contribution in [3.8, 4) is 5.75 Å². The summed E-state index contributed by atoms with van der Waals surface area (Å²) in [5.74, 6) is 0.577. The van der Waals surface area contributed by atoms with Crippen LogP contribution in [-0.4, -0.2) is 18.0 Å². The monoisotopic (exact) mass is 310 g/mol. The number of hydrogen-bond donors (Lipinski definition) is 1. The second-order valence-corrected chi connectivity index (χ2v) is 5.62. The molecule has 4 nitrogen and oxygen atoms in total. The van der Waals surface area contributed by atoms with E-state index < -0.39 is 0 Å². The summed E-state index contributed by atoms with van der Waals surface area (Å²) in [6.45, 7) is 0. The van der Waals surface area contributed by atoms with E-state index in [0.29, 0.717) is 5.13 Å². The van der Waals surface area contributed by atoms with Crippen molar-refractivity contribution in [3.05, 3.63) is 60.2 Å². The van der Waals surface area contributed by atoms with Crippen molar-refractivity contribution in [2.75, 3.05) is 12.4 Å². The number of thiazole rings is 1. The van der Waals surface area contributed by atoms with Crippen molar-refractivity contribution in [3.63, 3.8) is 0 Å². The maximum atomic E-state index is 11.9. The zero-order valence-electron chi connectivity index (χ0n) is 11.9. The van der Waals surface area contributed by atoms with Gasteiger partial charge in [-0.25, -0.2) is 4.98 Å². The smallest absolute Gasteiger partial charge is 0.250 e. The third kappa shape index (κ3) is 3.32. The highest BCUT2D eigenvalue weighted by molar-refractivity contribution is 7.22. The number of methoxy groups -OCH3 is 1. The fourth-order valence-corrected chi connectivity index (χ4v) is 2.87. The number of anilines is 1. The number of benzene rings is 2. The number of carbonyl (C=O) groups is 1. The summed E-state index contributed by atoms with van der Waals surface area (Å²) in [6, 6.07) is 15.3. The normalized spacial score (nSPS) is 11.0. The third-order valence-electron chi connectivity index (χ3n) is 3.05. The van der Waals surface area contributed by atoms with Gasteiger partial charge in [0.25, 0.3) is 0 Å². The van der Waals surface area contributed by atoms with Gasteiger partial charge < -0.3 is 4.74 Å². The van der Waals surface area contributed by atoms with Crippen LogP contribution in [0.1, 0.15) is 5.56 Å². The Labute approximate surface area is 132 Å². The Hall–Kier alpha value is -2.66. The molecule has 1 amide bonds. The van der Waals surface area contributed by atoms with Crippen molar-refractivity contribution in [2.45, 2.75) is 0 Å². The predicted molar refractivity (Wildman–Crippen MR) is 90.3 cm³/mol. The molecular formula is C17H14N2O2S. The largest absolute Gasteiger partial charge is 0.497 e. The quantitative estimate of drug-likeness (QED) is 0.742. The minimum atomic E-state index is -0.199. The lowest BCUT2D eigenvalue weighted by Gasteiger charge is -1.96. The van der Waals surface area contributed by atoms with Gasteiger partial charge in [-0.05, 0) is 29.8 Å². The van der Waals surface area contributed by atoms with E-state index in [0.717, 1.165) is 21.5 Å². The predicted octanol–water partition coefficient (Wildman–Crippen LogP) is 3.96. The molecule has 0 aliphatic heterocycles. The van der Waals surface area contributed by atoms with E-state index >= 15 is 0 Å². The summed E-state index contributed by atoms with van der Waals surface area (Å²) in [7, 11) is 1.62. The van der Waals surface area contributed by atoms with E-state index in [4.69, 9.17) is 4.74 Å². The molecule has 0 aliphatic rings. The van der Waals surface area contributed by atoms with Gasteiger partial charge in [0, 0.05) is 6.08 Å². The van der Waals surface area contributed by atoms with Crippen LogP contribution in [0.3, 0.4) is 0 Å². The molecule has 0 fully saturated rings. The lowest BCUT2D eigenvalue weighted by Crippen LogP contribution is -2.07. The molecular weight excluding hydrogens is 296 g/mol. The number of aromatic nitrogens is 1. The molecule has 1 heterocycles. The molecule has 22 heavy (non-hydrogen) atoms. The summed E-state index contributed by atoms with van der Waals surface area (Å²) in [5.41, 5.74) is 1.82. The highest BCUT2D eigenvalue weighted by atomic mass is 32.1. The van der Waals surface area contributed by atoms with Gasteiger partial charge in [-0.2, -0.15) is 0 Å². The molecule has 3 rings (SSSR count). The number of carbonyl (C=O) groups excluding carboxylic acids is 1. The maximum absolute atomic E-state index is 11.9. The standard InChI is InChI=1S/C17H14N2O2S/c1-21-13-8-9-14-15(11-13)22-17(18-14)19-16(20)10-7-12-5-3-2-4-6-12/h2-11H,1H3,(H,18,19,20)/b10-7+. The Morgan fingerprint density at radius 1 is 1.23 bits per heavy atom. The molecule has 0 atom stereocenters. The Morgan fingerprint density at radius 2 is 2.05 bits per heavy atom. The molecule has 0 spiro atoms. The van der Waals surface area contributed by atoms with Gasteiger partial charge in [0.05, 0.1) is 17.3 Å². The number of rotatable bonds is 4. The van der Waals surface area contributed by atoms with Gasteiger partial charge in [-0.1, -0.05) is 41.7 Å². The van der Waals surface area contributed by atoms with Crippen LogP contribution in [0.15, 0.2) is 54.6 Å². The number of ether oxygens (including phenoxy) is 1. The summed E-state index contributed by atoms with van der Waals surface area (Å²) in [4.78, 5) is 16.3. The summed E-state index contributed by atoms with van der Waals surface area (Å²) in [6.07, 6.45) is 3.27. The Bertz CT molecular complexity index is 825. The maximum Gasteiger partial charge on any atom is 0.250 e. The first-order chi connectivity index (χ1) is 10.7. The van der Waals surface area contributed by atoms with E-state index in [1.165, 1.54) is 17.4 Å². The molecule has 0 saturated carbocycles. The number of fused-ring (bicyclic) bond motifs is 1. The van der Waals surface area contributed by atoms with Gasteiger partial charge >= 0.3 is 0 Å². The zero-order chi connectivity index (χ0) is 15.4. The summed E-state index contributed by atoms with van der Waals surface area (Å²) >= 11 is 1.42. The second kappa shape index (κ2) is 6.41. The molecule has 2 aromatic carbocycles. The number of nitrogens with one attached hydrogen (secondary N) is 1. The Balaban J connectivity index is 1.72. The van der Waals surface area contributed by atoms with Crippen molar-refractivity contribution >= 4 is 38.7 Å². The minimum Gasteiger partial charge on any atom is -0.497 e. The average molecular weight is 310 g/mol. The van der Waals surface area contributed by atoms with E-state index in [1.54, 1.807) is 13.2 Å². The van der Waals surface area contributed by atoms with Crippen LogP contribution in [0.4, 0.5) is 5.13 Å². The van der Waals surface area contributed by atoms with E-state index in [1.807, 2.05) is 48.5 Å². The van der Waals surface area contributed by atoms with Crippen LogP contribution in [0.2, 0.25) is 0 Å². The molecule has 110 valence electrons. The Morgan fingerprint density at radius 3 is 2.82 bits per heavy atom. The van der Waals surface area contributed by atoms with E-state index in [2.05, 4.69) is 10.3 Å². The highest BCUT2D eigenvalue weighted by Crippen LogP contribution is 2.29. The lowest BCUT2D eigenvalue weighted by atomic mass is 10.2. The van der Waals surface area contributed by atoms with Crippen molar-refractivity contribution < 1.29 is 9.53 Å². The van der Waals surface area contributed by atoms with Crippen LogP contribution in [0.25, 0.3) is 16.3 Å². The molecule has 5 heteroatoms. The van der Waals surface area contributed by atoms with Crippen molar-refractivity contribution in [1.29, 1.82) is 0 Å². The van der Waals surface area contributed by atoms with Gasteiger partial charge in [0.2, 0.25) is 5.91 Å². The van der Waals surface area contributed by atoms with Crippen molar-refractivity contribution in [1.82, 2.24) is 4.98 Å². The SMILES string of the molecule is COc1ccc2nc(NC(=O)/C=C/c3ccccc3)sc2c1. The van der Waals surface area contributed by atoms with Crippen LogP contribution >= 0.6 is 11.3 Å². The van der Waals surface area contributed by atoms with Crippen LogP contribution < -0.4 is 10.1 Å². The Kier molecular flexibility index (Phi) is 4.16. The van der Waals surface area contributed by atoms with Gasteiger partial charge in [-0.3, -0.25) is 10.1 Å². The molecule has 0 saturated heterocycles.